The zero-order chi connectivity index (χ0) is 19.6. The van der Waals surface area contributed by atoms with Crippen LogP contribution in [-0.2, 0) is 9.53 Å². The second kappa shape index (κ2) is 14.6. The van der Waals surface area contributed by atoms with Crippen LogP contribution in [0, 0.1) is 5.92 Å². The number of nitrogens with two attached hydrogens (primary N) is 1. The van der Waals surface area contributed by atoms with Crippen LogP contribution in [-0.4, -0.2) is 38.8 Å². The monoisotopic (exact) mass is 442 g/mol. The highest BCUT2D eigenvalue weighted by Crippen LogP contribution is 2.23. The average Bonchev–Trinajstić information content (AvgIpc) is 2.67. The number of halogens is 2. The van der Waals surface area contributed by atoms with E-state index in [9.17, 15) is 4.79 Å². The van der Waals surface area contributed by atoms with Crippen LogP contribution in [0.5, 0.6) is 0 Å². The molecule has 0 bridgehead atoms. The molecule has 1 atom stereocenters. The number of carbonyl (C=O) groups excluding carboxylic acids is 1. The number of nitrogens with one attached hydrogen (secondary N) is 1. The van der Waals surface area contributed by atoms with E-state index in [4.69, 9.17) is 4.74 Å². The lowest BCUT2D eigenvalue weighted by Crippen LogP contribution is -3.14. The van der Waals surface area contributed by atoms with Crippen molar-refractivity contribution in [2.75, 3.05) is 32.8 Å². The Balaban J connectivity index is 0.00000392. The second-order valence-corrected chi connectivity index (χ2v) is 7.63. The lowest BCUT2D eigenvalue weighted by molar-refractivity contribution is -0.910. The third-order valence-electron chi connectivity index (χ3n) is 5.25. The number of hydrogen-bond acceptors (Lipinski definition) is 2. The summed E-state index contributed by atoms with van der Waals surface area (Å²) in [5, 5.41) is 4.46. The standard InChI is InChI=1S/C23H34N2O2.2ClH/c1-5-25(6-2)16-15-24-22(23(26)27-17-14-18(3)4)21-13-9-11-19-10-7-8-12-20(19)21;;/h7-13,18,22,24H,5-6,14-17H2,1-4H3;2*1H. The van der Waals surface area contributed by atoms with Gasteiger partial charge in [0.1, 0.15) is 13.1 Å². The van der Waals surface area contributed by atoms with Gasteiger partial charge in [0.05, 0.1) is 19.7 Å². The highest BCUT2D eigenvalue weighted by molar-refractivity contribution is 5.90. The molecule has 6 heteroatoms. The van der Waals surface area contributed by atoms with Crippen molar-refractivity contribution < 1.29 is 44.6 Å². The topological polar surface area (TPSA) is 47.4 Å². The van der Waals surface area contributed by atoms with Gasteiger partial charge in [0.2, 0.25) is 6.04 Å². The molecule has 0 aliphatic heterocycles. The Bertz CT molecular complexity index is 716. The number of likely N-dealkylation sites (N-methyl/N-ethyl adjacent to an activating group) is 1. The van der Waals surface area contributed by atoms with Crippen LogP contribution in [0.4, 0.5) is 0 Å². The average molecular weight is 443 g/mol. The van der Waals surface area contributed by atoms with Crippen molar-refractivity contribution >= 4 is 16.7 Å². The van der Waals surface area contributed by atoms with Gasteiger partial charge in [-0.3, -0.25) is 0 Å². The molecular formula is C23H36Cl2N2O2. The molecule has 0 saturated heterocycles. The summed E-state index contributed by atoms with van der Waals surface area (Å²) in [6, 6.07) is 14.2. The summed E-state index contributed by atoms with van der Waals surface area (Å²) in [4.78, 5) is 14.5. The van der Waals surface area contributed by atoms with E-state index in [0.717, 1.165) is 48.9 Å². The van der Waals surface area contributed by atoms with Crippen molar-refractivity contribution in [1.29, 1.82) is 0 Å². The highest BCUT2D eigenvalue weighted by Gasteiger charge is 2.27. The maximum absolute atomic E-state index is 12.9. The van der Waals surface area contributed by atoms with Crippen molar-refractivity contribution in [2.45, 2.75) is 40.2 Å². The minimum absolute atomic E-state index is 0. The number of quaternary nitrogens is 2. The third kappa shape index (κ3) is 8.51. The SMILES string of the molecule is CC[NH+](CC)CC[NH2+]C(C(=O)OCCC(C)C)c1cccc2ccccc12.[Cl-].[Cl-]. The van der Waals surface area contributed by atoms with Gasteiger partial charge in [-0.25, -0.2) is 4.79 Å². The van der Waals surface area contributed by atoms with Gasteiger partial charge in [-0.05, 0) is 37.0 Å². The van der Waals surface area contributed by atoms with Crippen LogP contribution < -0.4 is 35.0 Å². The molecule has 3 N–H and O–H groups in total. The van der Waals surface area contributed by atoms with Crippen LogP contribution in [0.1, 0.15) is 45.7 Å². The first-order chi connectivity index (χ1) is 13.1. The predicted molar refractivity (Wildman–Crippen MR) is 111 cm³/mol. The van der Waals surface area contributed by atoms with Gasteiger partial charge < -0.3 is 39.8 Å². The Labute approximate surface area is 188 Å². The summed E-state index contributed by atoms with van der Waals surface area (Å²) in [6.45, 7) is 13.4. The molecule has 0 amide bonds. The molecule has 0 aromatic heterocycles. The van der Waals surface area contributed by atoms with Gasteiger partial charge in [-0.1, -0.05) is 56.3 Å². The zero-order valence-corrected chi connectivity index (χ0v) is 19.6. The molecular weight excluding hydrogens is 407 g/mol. The Morgan fingerprint density at radius 3 is 2.34 bits per heavy atom. The van der Waals surface area contributed by atoms with Crippen LogP contribution >= 0.6 is 0 Å². The molecule has 29 heavy (non-hydrogen) atoms. The van der Waals surface area contributed by atoms with Crippen LogP contribution in [0.25, 0.3) is 10.8 Å². The van der Waals surface area contributed by atoms with Crippen molar-refractivity contribution in [3.8, 4) is 0 Å². The molecule has 0 heterocycles. The molecule has 0 aliphatic carbocycles. The lowest BCUT2D eigenvalue weighted by atomic mass is 9.98. The Morgan fingerprint density at radius 1 is 1.03 bits per heavy atom. The van der Waals surface area contributed by atoms with Gasteiger partial charge in [0, 0.05) is 5.56 Å². The maximum atomic E-state index is 12.9. The number of fused-ring (bicyclic) bond motifs is 1. The fraction of sp³-hybridized carbons (Fsp3) is 0.522. The van der Waals surface area contributed by atoms with E-state index in [0.29, 0.717) is 12.5 Å². The van der Waals surface area contributed by atoms with E-state index in [1.807, 2.05) is 18.2 Å². The van der Waals surface area contributed by atoms with Gasteiger partial charge in [-0.15, -0.1) is 0 Å². The summed E-state index contributed by atoms with van der Waals surface area (Å²) < 4.78 is 5.65. The minimum Gasteiger partial charge on any atom is -1.00 e. The van der Waals surface area contributed by atoms with E-state index in [2.05, 4.69) is 57.3 Å². The van der Waals surface area contributed by atoms with E-state index in [-0.39, 0.29) is 36.8 Å². The largest absolute Gasteiger partial charge is 1.00 e. The summed E-state index contributed by atoms with van der Waals surface area (Å²) in [5.74, 6) is 0.408. The second-order valence-electron chi connectivity index (χ2n) is 7.63. The maximum Gasteiger partial charge on any atom is 0.369 e. The van der Waals surface area contributed by atoms with Crippen LogP contribution in [0.15, 0.2) is 42.5 Å². The van der Waals surface area contributed by atoms with Crippen molar-refractivity contribution in [2.24, 2.45) is 5.92 Å². The molecule has 0 spiro atoms. The quantitative estimate of drug-likeness (QED) is 0.348. The summed E-state index contributed by atoms with van der Waals surface area (Å²) >= 11 is 0. The smallest absolute Gasteiger partial charge is 0.369 e. The number of benzene rings is 2. The Hall–Kier alpha value is -1.33. The number of esters is 1. The van der Waals surface area contributed by atoms with E-state index >= 15 is 0 Å². The number of ether oxygens (including phenoxy) is 1. The van der Waals surface area contributed by atoms with E-state index < -0.39 is 0 Å². The molecule has 1 unspecified atom stereocenters. The lowest BCUT2D eigenvalue weighted by Gasteiger charge is -2.19. The predicted octanol–water partition coefficient (Wildman–Crippen LogP) is -4.03. The molecule has 0 fully saturated rings. The first-order valence-electron chi connectivity index (χ1n) is 10.4. The minimum atomic E-state index is -0.307. The van der Waals surface area contributed by atoms with Crippen LogP contribution in [0.3, 0.4) is 0 Å². The van der Waals surface area contributed by atoms with Crippen LogP contribution in [0.2, 0.25) is 0 Å². The van der Waals surface area contributed by atoms with Crippen molar-refractivity contribution in [3.63, 3.8) is 0 Å². The molecule has 0 saturated carbocycles. The zero-order valence-electron chi connectivity index (χ0n) is 18.1. The van der Waals surface area contributed by atoms with Gasteiger partial charge >= 0.3 is 5.97 Å². The Morgan fingerprint density at radius 2 is 1.69 bits per heavy atom. The summed E-state index contributed by atoms with van der Waals surface area (Å²) in [5.41, 5.74) is 1.05. The first kappa shape index (κ1) is 27.7. The van der Waals surface area contributed by atoms with Crippen molar-refractivity contribution in [3.05, 3.63) is 48.0 Å². The summed E-state index contributed by atoms with van der Waals surface area (Å²) in [6.07, 6.45) is 0.900. The van der Waals surface area contributed by atoms with Gasteiger partial charge in [0.15, 0.2) is 0 Å². The van der Waals surface area contributed by atoms with Gasteiger partial charge in [0.25, 0.3) is 0 Å². The highest BCUT2D eigenvalue weighted by atomic mass is 35.5. The number of rotatable bonds is 11. The molecule has 2 aromatic carbocycles. The van der Waals surface area contributed by atoms with E-state index in [1.165, 1.54) is 0 Å². The molecule has 2 aromatic rings. The van der Waals surface area contributed by atoms with Crippen molar-refractivity contribution in [1.82, 2.24) is 0 Å². The fourth-order valence-corrected chi connectivity index (χ4v) is 3.41. The normalized spacial score (nSPS) is 11.8. The first-order valence-corrected chi connectivity index (χ1v) is 10.4. The number of hydrogen-bond donors (Lipinski definition) is 2. The molecule has 0 aliphatic rings. The fourth-order valence-electron chi connectivity index (χ4n) is 3.41. The molecule has 4 nitrogen and oxygen atoms in total. The Kier molecular flexibility index (Phi) is 14.0. The molecule has 2 rings (SSSR count). The van der Waals surface area contributed by atoms with Gasteiger partial charge in [-0.2, -0.15) is 0 Å². The third-order valence-corrected chi connectivity index (χ3v) is 5.25. The molecule has 164 valence electrons. The molecule has 0 radical (unpaired) electrons. The summed E-state index contributed by atoms with van der Waals surface area (Å²) in [7, 11) is 0. The van der Waals surface area contributed by atoms with E-state index in [1.54, 1.807) is 4.90 Å². The number of carbonyl (C=O) groups is 1.